The smallest absolute Gasteiger partial charge is 0.136 e. The summed E-state index contributed by atoms with van der Waals surface area (Å²) in [5, 5.41) is 5.86. The molecule has 0 bridgehead atoms. The maximum Gasteiger partial charge on any atom is 0.136 e. The summed E-state index contributed by atoms with van der Waals surface area (Å²) in [4.78, 5) is 0. The monoisotopic (exact) mass is 314 g/mol. The summed E-state index contributed by atoms with van der Waals surface area (Å²) in [5.74, 6) is 0. The molecule has 1 fully saturated rings. The second-order valence-electron chi connectivity index (χ2n) is 6.30. The third-order valence-electron chi connectivity index (χ3n) is 4.81. The predicted octanol–water partition coefficient (Wildman–Crippen LogP) is 3.75. The maximum atomic E-state index is 6.18. The number of nitrogens with one attached hydrogen (secondary N) is 2. The Morgan fingerprint density at radius 2 is 1.58 bits per heavy atom. The summed E-state index contributed by atoms with van der Waals surface area (Å²) in [5.41, 5.74) is 16.4. The number of para-hydroxylation sites is 1. The summed E-state index contributed by atoms with van der Waals surface area (Å²) in [6.07, 6.45) is 0.215. The minimum absolute atomic E-state index is 0.215. The number of rotatable bonds is 2. The van der Waals surface area contributed by atoms with E-state index in [-0.39, 0.29) is 12.2 Å². The highest BCUT2D eigenvalue weighted by Gasteiger charge is 2.46. The highest BCUT2D eigenvalue weighted by molar-refractivity contribution is 5.86. The fraction of sp³-hybridized carbons (Fsp3) is 0.100. The molecule has 0 aliphatic carbocycles. The van der Waals surface area contributed by atoms with Crippen molar-refractivity contribution in [1.29, 1.82) is 0 Å². The van der Waals surface area contributed by atoms with Crippen LogP contribution in [0.25, 0.3) is 11.1 Å². The van der Waals surface area contributed by atoms with E-state index < -0.39 is 0 Å². The van der Waals surface area contributed by atoms with Gasteiger partial charge in [-0.05, 0) is 29.8 Å². The number of fused-ring (bicyclic) bond motifs is 3. The lowest BCUT2D eigenvalue weighted by molar-refractivity contribution is 0.316. The van der Waals surface area contributed by atoms with Gasteiger partial charge in [0.2, 0.25) is 0 Å². The Labute approximate surface area is 140 Å². The van der Waals surface area contributed by atoms with Gasteiger partial charge in [0.15, 0.2) is 0 Å². The Morgan fingerprint density at radius 1 is 0.875 bits per heavy atom. The number of benzene rings is 3. The van der Waals surface area contributed by atoms with E-state index in [9.17, 15) is 0 Å². The molecule has 2 aliphatic heterocycles. The first-order valence-electron chi connectivity index (χ1n) is 8.17. The van der Waals surface area contributed by atoms with Crippen molar-refractivity contribution in [3.05, 3.63) is 78.4 Å². The molecule has 5 rings (SSSR count). The van der Waals surface area contributed by atoms with Gasteiger partial charge in [0.1, 0.15) is 6.17 Å². The van der Waals surface area contributed by atoms with E-state index >= 15 is 0 Å². The average molecular weight is 314 g/mol. The number of anilines is 3. The summed E-state index contributed by atoms with van der Waals surface area (Å²) < 4.78 is 0. The van der Waals surface area contributed by atoms with Gasteiger partial charge in [-0.15, -0.1) is 0 Å². The molecule has 4 nitrogen and oxygen atoms in total. The van der Waals surface area contributed by atoms with E-state index in [4.69, 9.17) is 5.73 Å². The van der Waals surface area contributed by atoms with E-state index in [1.54, 1.807) is 0 Å². The molecule has 4 heteroatoms. The Bertz CT molecular complexity index is 892. The van der Waals surface area contributed by atoms with Gasteiger partial charge < -0.3 is 11.1 Å². The van der Waals surface area contributed by atoms with Crippen LogP contribution in [0, 0.1) is 0 Å². The third-order valence-corrected chi connectivity index (χ3v) is 4.81. The highest BCUT2D eigenvalue weighted by Crippen LogP contribution is 2.47. The SMILES string of the molecule is Nc1cc(-c2ccccc2)c2c(c1)C1NN(c3ccccc3)C1N2. The molecule has 0 amide bonds. The molecular weight excluding hydrogens is 296 g/mol. The van der Waals surface area contributed by atoms with Gasteiger partial charge >= 0.3 is 0 Å². The minimum Gasteiger partial charge on any atom is -0.399 e. The van der Waals surface area contributed by atoms with Gasteiger partial charge in [0.05, 0.1) is 11.7 Å². The van der Waals surface area contributed by atoms with Crippen molar-refractivity contribution < 1.29 is 0 Å². The van der Waals surface area contributed by atoms with Crippen LogP contribution >= 0.6 is 0 Å². The molecule has 0 radical (unpaired) electrons. The zero-order valence-electron chi connectivity index (χ0n) is 13.1. The Balaban J connectivity index is 1.55. The van der Waals surface area contributed by atoms with Crippen molar-refractivity contribution in [2.45, 2.75) is 12.2 Å². The molecule has 2 atom stereocenters. The van der Waals surface area contributed by atoms with E-state index in [2.05, 4.69) is 76.4 Å². The van der Waals surface area contributed by atoms with E-state index in [0.29, 0.717) is 0 Å². The zero-order chi connectivity index (χ0) is 16.1. The number of hydrogen-bond donors (Lipinski definition) is 3. The number of nitrogen functional groups attached to an aromatic ring is 1. The van der Waals surface area contributed by atoms with Gasteiger partial charge in [-0.1, -0.05) is 48.5 Å². The summed E-state index contributed by atoms with van der Waals surface area (Å²) >= 11 is 0. The molecule has 3 aromatic carbocycles. The Kier molecular flexibility index (Phi) is 2.81. The van der Waals surface area contributed by atoms with Crippen molar-refractivity contribution in [2.75, 3.05) is 16.1 Å². The molecule has 2 heterocycles. The second-order valence-corrected chi connectivity index (χ2v) is 6.30. The summed E-state index contributed by atoms with van der Waals surface area (Å²) in [6, 6.07) is 25.2. The summed E-state index contributed by atoms with van der Waals surface area (Å²) in [6.45, 7) is 0. The van der Waals surface area contributed by atoms with Crippen LogP contribution in [0.1, 0.15) is 11.6 Å². The lowest BCUT2D eigenvalue weighted by Crippen LogP contribution is -2.65. The topological polar surface area (TPSA) is 53.3 Å². The average Bonchev–Trinajstić information content (AvgIpc) is 2.88. The van der Waals surface area contributed by atoms with Gasteiger partial charge in [-0.3, -0.25) is 5.01 Å². The lowest BCUT2D eigenvalue weighted by atomic mass is 9.97. The molecule has 0 saturated carbocycles. The number of nitrogens with zero attached hydrogens (tertiary/aromatic N) is 1. The normalized spacial score (nSPS) is 20.8. The zero-order valence-corrected chi connectivity index (χ0v) is 13.1. The van der Waals surface area contributed by atoms with Gasteiger partial charge in [0.25, 0.3) is 0 Å². The minimum atomic E-state index is 0.215. The van der Waals surface area contributed by atoms with Crippen molar-refractivity contribution >= 4 is 17.1 Å². The van der Waals surface area contributed by atoms with Crippen molar-refractivity contribution in [2.24, 2.45) is 0 Å². The van der Waals surface area contributed by atoms with Crippen LogP contribution in [0.4, 0.5) is 17.1 Å². The first-order chi connectivity index (χ1) is 11.8. The third kappa shape index (κ3) is 1.90. The summed E-state index contributed by atoms with van der Waals surface area (Å²) in [7, 11) is 0. The lowest BCUT2D eigenvalue weighted by Gasteiger charge is -2.46. The van der Waals surface area contributed by atoms with Crippen LogP contribution in [0.3, 0.4) is 0 Å². The highest BCUT2D eigenvalue weighted by atomic mass is 15.7. The van der Waals surface area contributed by atoms with Crippen LogP contribution < -0.4 is 21.5 Å². The fourth-order valence-corrected chi connectivity index (χ4v) is 3.67. The van der Waals surface area contributed by atoms with E-state index in [1.807, 2.05) is 12.1 Å². The van der Waals surface area contributed by atoms with Crippen LogP contribution in [0.5, 0.6) is 0 Å². The first kappa shape index (κ1) is 13.5. The molecule has 2 aliphatic rings. The van der Waals surface area contributed by atoms with Crippen molar-refractivity contribution in [3.8, 4) is 11.1 Å². The van der Waals surface area contributed by atoms with E-state index in [1.165, 1.54) is 16.8 Å². The Hall–Kier alpha value is -2.98. The second kappa shape index (κ2) is 5.01. The molecule has 0 aromatic heterocycles. The molecule has 24 heavy (non-hydrogen) atoms. The number of hydrazine groups is 1. The van der Waals surface area contributed by atoms with Gasteiger partial charge in [0, 0.05) is 22.5 Å². The fourth-order valence-electron chi connectivity index (χ4n) is 3.67. The number of nitrogens with two attached hydrogens (primary N) is 1. The molecule has 1 saturated heterocycles. The van der Waals surface area contributed by atoms with Gasteiger partial charge in [-0.25, -0.2) is 5.43 Å². The van der Waals surface area contributed by atoms with Gasteiger partial charge in [-0.2, -0.15) is 0 Å². The Morgan fingerprint density at radius 3 is 2.33 bits per heavy atom. The molecule has 2 unspecified atom stereocenters. The molecule has 3 aromatic rings. The van der Waals surface area contributed by atoms with Crippen LogP contribution in [-0.2, 0) is 0 Å². The number of hydrogen-bond acceptors (Lipinski definition) is 4. The van der Waals surface area contributed by atoms with Crippen LogP contribution in [0.15, 0.2) is 72.8 Å². The first-order valence-corrected chi connectivity index (χ1v) is 8.17. The molecule has 4 N–H and O–H groups in total. The molecule has 118 valence electrons. The van der Waals surface area contributed by atoms with Crippen molar-refractivity contribution in [1.82, 2.24) is 5.43 Å². The van der Waals surface area contributed by atoms with Crippen LogP contribution in [-0.4, -0.2) is 6.17 Å². The van der Waals surface area contributed by atoms with E-state index in [0.717, 1.165) is 16.9 Å². The molecular formula is C20H18N4. The maximum absolute atomic E-state index is 6.18. The van der Waals surface area contributed by atoms with Crippen LogP contribution in [0.2, 0.25) is 0 Å². The largest absolute Gasteiger partial charge is 0.399 e. The molecule has 0 spiro atoms. The quantitative estimate of drug-likeness (QED) is 0.631. The standard InChI is InChI=1S/C20H18N4/c21-14-11-16(13-7-3-1-4-8-13)18-17(12-14)19-20(22-18)24(23-19)15-9-5-2-6-10-15/h1-12,19-20,22-23H,21H2. The predicted molar refractivity (Wildman–Crippen MR) is 98.5 cm³/mol. The van der Waals surface area contributed by atoms with Crippen molar-refractivity contribution in [3.63, 3.8) is 0 Å².